The van der Waals surface area contributed by atoms with Crippen LogP contribution in [0.5, 0.6) is 0 Å². The van der Waals surface area contributed by atoms with Crippen molar-refractivity contribution >= 4 is 72.6 Å². The number of aliphatic imine (C=N–C) groups is 3. The number of hydrogen-bond donors (Lipinski definition) is 0. The summed E-state index contributed by atoms with van der Waals surface area (Å²) < 4.78 is 0. The van der Waals surface area contributed by atoms with Gasteiger partial charge in [-0.1, -0.05) is 84.9 Å². The zero-order valence-corrected chi connectivity index (χ0v) is 31.2. The average Bonchev–Trinajstić information content (AvgIpc) is 2.98. The van der Waals surface area contributed by atoms with E-state index in [4.69, 9.17) is 15.0 Å². The molecule has 0 saturated heterocycles. The monoisotopic (exact) mass is 845 g/mol. The van der Waals surface area contributed by atoms with Gasteiger partial charge in [-0.3, -0.25) is 9.98 Å². The molecule has 9 heteroatoms. The topological polar surface area (TPSA) is 50.0 Å². The van der Waals surface area contributed by atoms with E-state index in [1.165, 1.54) is 0 Å². The maximum atomic E-state index is 4.97. The van der Waals surface area contributed by atoms with Crippen LogP contribution < -0.4 is 0 Å². The van der Waals surface area contributed by atoms with Gasteiger partial charge in [0.25, 0.3) is 0 Å². The molecule has 1 heterocycles. The molecule has 4 nitrogen and oxygen atoms in total. The fourth-order valence-corrected chi connectivity index (χ4v) is 3.89. The van der Waals surface area contributed by atoms with Gasteiger partial charge in [0.05, 0.1) is 11.4 Å². The number of nitrogens with zero attached hydrogens (tertiary/aromatic N) is 4. The number of hydrogen-bond acceptors (Lipinski definition) is 4. The smallest absolute Gasteiger partial charge is 0.0267 e. The van der Waals surface area contributed by atoms with Crippen LogP contribution in [0.25, 0.3) is 0 Å². The predicted octanol–water partition coefficient (Wildman–Crippen LogP) is 11.1. The number of para-hydroxylation sites is 3. The molecule has 1 aromatic heterocycles. The minimum atomic E-state index is 0.641. The molecule has 0 unspecified atom stereocenters. The van der Waals surface area contributed by atoms with Crippen molar-refractivity contribution in [1.29, 1.82) is 0 Å². The Morgan fingerprint density at radius 3 is 1.33 bits per heavy atom. The Bertz CT molecular complexity index is 1390. The minimum absolute atomic E-state index is 0.641. The van der Waals surface area contributed by atoms with Crippen LogP contribution in [0.4, 0.5) is 17.1 Å². The van der Waals surface area contributed by atoms with Gasteiger partial charge in [-0.05, 0) is 93.0 Å². The molecule has 0 aliphatic rings. The SMILES string of the molecule is CC(=Nc1c(C)cccc1C)C([C-]=Nc1c(C)cccc1C)=Nc1c(C)cccc1C.[Br][Co][Br].[Cl][Pd+].c1ccncc1. The molecule has 0 spiro atoms. The van der Waals surface area contributed by atoms with E-state index in [-0.39, 0.29) is 0 Å². The second-order valence-corrected chi connectivity index (χ2v) is 14.4. The van der Waals surface area contributed by atoms with E-state index in [1.54, 1.807) is 12.4 Å². The van der Waals surface area contributed by atoms with E-state index in [0.29, 0.717) is 5.71 Å². The Hall–Kier alpha value is -1.76. The van der Waals surface area contributed by atoms with Crippen LogP contribution in [-0.2, 0) is 29.3 Å². The summed E-state index contributed by atoms with van der Waals surface area (Å²) in [6, 6.07) is 24.3. The van der Waals surface area contributed by atoms with Crippen LogP contribution in [0, 0.1) is 41.5 Å². The Morgan fingerprint density at radius 2 is 1.00 bits per heavy atom. The van der Waals surface area contributed by atoms with Crippen LogP contribution in [0.3, 0.4) is 0 Å². The van der Waals surface area contributed by atoms with Gasteiger partial charge in [0.1, 0.15) is 0 Å². The second kappa shape index (κ2) is 21.9. The number of benzene rings is 3. The molecule has 4 aromatic rings. The molecule has 0 aliphatic heterocycles. The van der Waals surface area contributed by atoms with Gasteiger partial charge in [0.2, 0.25) is 0 Å². The summed E-state index contributed by atoms with van der Waals surface area (Å²) in [6.07, 6.45) is 6.72. The van der Waals surface area contributed by atoms with Gasteiger partial charge in [-0.25, -0.2) is 0 Å². The zero-order chi connectivity index (χ0) is 31.5. The molecular formula is C33H35Br2ClCoN4Pd. The summed E-state index contributed by atoms with van der Waals surface area (Å²) in [6.45, 7) is 14.4. The summed E-state index contributed by atoms with van der Waals surface area (Å²) in [5.74, 6) is 0. The number of halogens is 3. The van der Waals surface area contributed by atoms with E-state index in [2.05, 4.69) is 157 Å². The van der Waals surface area contributed by atoms with Crippen LogP contribution in [0.1, 0.15) is 40.3 Å². The minimum Gasteiger partial charge on any atom is -0.265 e. The fourth-order valence-electron chi connectivity index (χ4n) is 3.89. The van der Waals surface area contributed by atoms with Crippen molar-refractivity contribution in [1.82, 2.24) is 4.98 Å². The van der Waals surface area contributed by atoms with Gasteiger partial charge in [0, 0.05) is 12.4 Å². The van der Waals surface area contributed by atoms with Gasteiger partial charge in [0.15, 0.2) is 0 Å². The number of rotatable bonds is 5. The summed E-state index contributed by atoms with van der Waals surface area (Å²) in [5.41, 5.74) is 11.0. The van der Waals surface area contributed by atoms with Crippen LogP contribution in [-0.4, -0.2) is 22.6 Å². The third-order valence-corrected chi connectivity index (χ3v) is 6.00. The van der Waals surface area contributed by atoms with Crippen molar-refractivity contribution in [3.05, 3.63) is 119 Å². The Morgan fingerprint density at radius 1 is 0.643 bits per heavy atom. The summed E-state index contributed by atoms with van der Waals surface area (Å²) >= 11 is 9.35. The zero-order valence-electron chi connectivity index (χ0n) is 24.7. The first-order valence-corrected chi connectivity index (χ1v) is 19.9. The first-order chi connectivity index (χ1) is 20.2. The Kier molecular flexibility index (Phi) is 19.9. The van der Waals surface area contributed by atoms with E-state index in [0.717, 1.165) is 67.3 Å². The molecule has 0 aliphatic carbocycles. The van der Waals surface area contributed by atoms with Crippen LogP contribution >= 0.6 is 37.9 Å². The molecule has 0 N–H and O–H groups in total. The van der Waals surface area contributed by atoms with Crippen LogP contribution in [0.15, 0.2) is 100 Å². The molecular weight excluding hydrogens is 813 g/mol. The normalized spacial score (nSPS) is 11.1. The van der Waals surface area contributed by atoms with Crippen molar-refractivity contribution in [2.45, 2.75) is 48.5 Å². The molecule has 0 saturated carbocycles. The molecule has 3 aromatic carbocycles. The van der Waals surface area contributed by atoms with E-state index in [1.807, 2.05) is 31.2 Å². The largest absolute Gasteiger partial charge is 0.265 e. The predicted molar refractivity (Wildman–Crippen MR) is 183 cm³/mol. The van der Waals surface area contributed by atoms with Crippen molar-refractivity contribution in [3.63, 3.8) is 0 Å². The van der Waals surface area contributed by atoms with Gasteiger partial charge in [-0.2, -0.15) is 0 Å². The fraction of sp³-hybridized carbons (Fsp3) is 0.212. The molecule has 0 atom stereocenters. The van der Waals surface area contributed by atoms with E-state index in [9.17, 15) is 0 Å². The number of aromatic nitrogens is 1. The van der Waals surface area contributed by atoms with Gasteiger partial charge < -0.3 is 9.98 Å². The Labute approximate surface area is 286 Å². The van der Waals surface area contributed by atoms with Crippen molar-refractivity contribution in [2.24, 2.45) is 15.0 Å². The number of aryl methyl sites for hydroxylation is 6. The standard InChI is InChI=1S/C28H30N3.C5H5N.2BrH.ClH.Co.Pd/c1-18-11-8-12-19(2)26(18)29-17-25(31-28-22(5)15-10-16-23(28)6)24(7)30-27-20(3)13-9-14-21(27)4;1-2-4-6-5-3-1;;;;;/h8-16H,1-7H3;1-5H;3*1H;;/q-1;;;;;2*+2/p-3. The van der Waals surface area contributed by atoms with Crippen molar-refractivity contribution < 1.29 is 29.3 Å². The van der Waals surface area contributed by atoms with Crippen LogP contribution in [0.2, 0.25) is 0 Å². The summed E-state index contributed by atoms with van der Waals surface area (Å²) in [7, 11) is 4.49. The summed E-state index contributed by atoms with van der Waals surface area (Å²) in [4.78, 5) is 18.4. The third-order valence-electron chi connectivity index (χ3n) is 6.00. The van der Waals surface area contributed by atoms with Crippen molar-refractivity contribution in [2.75, 3.05) is 0 Å². The molecule has 227 valence electrons. The van der Waals surface area contributed by atoms with Gasteiger partial charge in [-0.15, -0.1) is 0 Å². The number of pyridine rings is 1. The van der Waals surface area contributed by atoms with Crippen molar-refractivity contribution in [3.8, 4) is 0 Å². The summed E-state index contributed by atoms with van der Waals surface area (Å²) in [5, 5.41) is 0. The first-order valence-electron chi connectivity index (χ1n) is 12.8. The third kappa shape index (κ3) is 13.3. The molecule has 0 radical (unpaired) electrons. The maximum Gasteiger partial charge on any atom is 0.0267 e. The second-order valence-electron chi connectivity index (χ2n) is 9.17. The Balaban J connectivity index is 0.000000681. The van der Waals surface area contributed by atoms with E-state index >= 15 is 0 Å². The molecule has 4 rings (SSSR count). The molecule has 42 heavy (non-hydrogen) atoms. The average molecular weight is 848 g/mol. The molecule has 0 bridgehead atoms. The van der Waals surface area contributed by atoms with Gasteiger partial charge >= 0.3 is 67.2 Å². The molecule has 0 amide bonds. The first kappa shape index (κ1) is 38.3. The quantitative estimate of drug-likeness (QED) is 0.112. The van der Waals surface area contributed by atoms with E-state index < -0.39 is 0 Å². The molecule has 0 fully saturated rings. The maximum absolute atomic E-state index is 4.97.